The number of aromatic nitrogens is 2. The number of likely N-dealkylation sites (N-methyl/N-ethyl adjacent to an activating group) is 1. The fraction of sp³-hybridized carbons (Fsp3) is 0.667. The van der Waals surface area contributed by atoms with Crippen LogP contribution >= 0.6 is 0 Å². The summed E-state index contributed by atoms with van der Waals surface area (Å²) in [4.78, 5) is 23.7. The Hall–Kier alpha value is -1.73. The van der Waals surface area contributed by atoms with Gasteiger partial charge in [-0.15, -0.1) is 0 Å². The molecule has 0 saturated carbocycles. The van der Waals surface area contributed by atoms with Crippen molar-refractivity contribution >= 4 is 11.9 Å². The molecule has 0 aromatic carbocycles. The standard InChI is InChI=1S/C15H24N4O3/c1-15(2)11-19(14-16-6-5-7-17-14)8-12(22-15)9-21-10-13(20)18(3)4/h5-7,12H,8-11H2,1-4H3. The number of amides is 1. The number of hydrogen-bond acceptors (Lipinski definition) is 6. The molecule has 122 valence electrons. The predicted molar refractivity (Wildman–Crippen MR) is 82.7 cm³/mol. The number of nitrogens with zero attached hydrogens (tertiary/aromatic N) is 4. The molecule has 1 amide bonds. The minimum Gasteiger partial charge on any atom is -0.369 e. The van der Waals surface area contributed by atoms with Crippen molar-refractivity contribution in [1.29, 1.82) is 0 Å². The first-order chi connectivity index (χ1) is 10.4. The Morgan fingerprint density at radius 1 is 1.45 bits per heavy atom. The molecule has 1 aromatic rings. The van der Waals surface area contributed by atoms with Crippen molar-refractivity contribution in [2.75, 3.05) is 45.3 Å². The van der Waals surface area contributed by atoms with Crippen LogP contribution in [0.4, 0.5) is 5.95 Å². The third-order valence-corrected chi connectivity index (χ3v) is 3.34. The van der Waals surface area contributed by atoms with E-state index in [-0.39, 0.29) is 24.2 Å². The molecule has 1 aromatic heterocycles. The number of carbonyl (C=O) groups excluding carboxylic acids is 1. The molecule has 1 unspecified atom stereocenters. The van der Waals surface area contributed by atoms with Gasteiger partial charge in [0.2, 0.25) is 11.9 Å². The lowest BCUT2D eigenvalue weighted by Crippen LogP contribution is -2.54. The lowest BCUT2D eigenvalue weighted by atomic mass is 10.1. The molecular weight excluding hydrogens is 284 g/mol. The monoisotopic (exact) mass is 308 g/mol. The summed E-state index contributed by atoms with van der Waals surface area (Å²) in [7, 11) is 3.42. The predicted octanol–water partition coefficient (Wildman–Crippen LogP) is 0.565. The van der Waals surface area contributed by atoms with Gasteiger partial charge in [-0.05, 0) is 19.9 Å². The van der Waals surface area contributed by atoms with Crippen LogP contribution in [0, 0.1) is 0 Å². The summed E-state index contributed by atoms with van der Waals surface area (Å²) in [6, 6.07) is 1.79. The van der Waals surface area contributed by atoms with Crippen LogP contribution in [0.3, 0.4) is 0 Å². The summed E-state index contributed by atoms with van der Waals surface area (Å²) < 4.78 is 11.5. The first-order valence-corrected chi connectivity index (χ1v) is 7.35. The second-order valence-corrected chi connectivity index (χ2v) is 6.23. The quantitative estimate of drug-likeness (QED) is 0.792. The van der Waals surface area contributed by atoms with E-state index in [9.17, 15) is 4.79 Å². The molecule has 1 aliphatic rings. The molecule has 1 fully saturated rings. The fourth-order valence-electron chi connectivity index (χ4n) is 2.40. The lowest BCUT2D eigenvalue weighted by Gasteiger charge is -2.42. The number of anilines is 1. The molecule has 1 atom stereocenters. The smallest absolute Gasteiger partial charge is 0.248 e. The van der Waals surface area contributed by atoms with Gasteiger partial charge in [-0.3, -0.25) is 4.79 Å². The van der Waals surface area contributed by atoms with Gasteiger partial charge in [0.15, 0.2) is 0 Å². The third-order valence-electron chi connectivity index (χ3n) is 3.34. The van der Waals surface area contributed by atoms with Crippen LogP contribution < -0.4 is 4.90 Å². The Kier molecular flexibility index (Phi) is 5.31. The number of hydrogen-bond donors (Lipinski definition) is 0. The summed E-state index contributed by atoms with van der Waals surface area (Å²) in [5, 5.41) is 0. The second-order valence-electron chi connectivity index (χ2n) is 6.23. The van der Waals surface area contributed by atoms with E-state index in [0.717, 1.165) is 0 Å². The minimum atomic E-state index is -0.322. The Morgan fingerprint density at radius 3 is 2.77 bits per heavy atom. The van der Waals surface area contributed by atoms with Gasteiger partial charge in [0.25, 0.3) is 0 Å². The van der Waals surface area contributed by atoms with Gasteiger partial charge in [-0.25, -0.2) is 9.97 Å². The molecule has 0 bridgehead atoms. The van der Waals surface area contributed by atoms with Crippen LogP contribution in [0.25, 0.3) is 0 Å². The normalized spacial score (nSPS) is 20.7. The zero-order valence-electron chi connectivity index (χ0n) is 13.7. The van der Waals surface area contributed by atoms with Crippen LogP contribution in [0.15, 0.2) is 18.5 Å². The average Bonchev–Trinajstić information content (AvgIpc) is 2.46. The van der Waals surface area contributed by atoms with Gasteiger partial charge in [-0.1, -0.05) is 0 Å². The lowest BCUT2D eigenvalue weighted by molar-refractivity contribution is -0.139. The van der Waals surface area contributed by atoms with Crippen molar-refractivity contribution in [3.63, 3.8) is 0 Å². The van der Waals surface area contributed by atoms with Crippen molar-refractivity contribution in [1.82, 2.24) is 14.9 Å². The third kappa shape index (κ3) is 4.64. The van der Waals surface area contributed by atoms with Gasteiger partial charge in [0.05, 0.1) is 18.3 Å². The average molecular weight is 308 g/mol. The van der Waals surface area contributed by atoms with Gasteiger partial charge in [-0.2, -0.15) is 0 Å². The minimum absolute atomic E-state index is 0.0571. The molecule has 0 spiro atoms. The van der Waals surface area contributed by atoms with Crippen LogP contribution in [0.2, 0.25) is 0 Å². The van der Waals surface area contributed by atoms with E-state index < -0.39 is 0 Å². The summed E-state index contributed by atoms with van der Waals surface area (Å²) in [5.74, 6) is 0.631. The van der Waals surface area contributed by atoms with Crippen molar-refractivity contribution < 1.29 is 14.3 Å². The molecule has 7 nitrogen and oxygen atoms in total. The molecule has 7 heteroatoms. The first-order valence-electron chi connectivity index (χ1n) is 7.35. The van der Waals surface area contributed by atoms with Crippen LogP contribution in [0.5, 0.6) is 0 Å². The SMILES string of the molecule is CN(C)C(=O)COCC1CN(c2ncccn2)CC(C)(C)O1. The molecule has 2 rings (SSSR count). The highest BCUT2D eigenvalue weighted by molar-refractivity contribution is 5.76. The van der Waals surface area contributed by atoms with Gasteiger partial charge >= 0.3 is 0 Å². The van der Waals surface area contributed by atoms with E-state index in [1.807, 2.05) is 13.8 Å². The first kappa shape index (κ1) is 16.6. The molecule has 0 N–H and O–H groups in total. The van der Waals surface area contributed by atoms with Crippen molar-refractivity contribution in [2.24, 2.45) is 0 Å². The maximum absolute atomic E-state index is 11.5. The molecule has 1 aliphatic heterocycles. The summed E-state index contributed by atoms with van der Waals surface area (Å²) in [5.41, 5.74) is -0.322. The highest BCUT2D eigenvalue weighted by Crippen LogP contribution is 2.23. The van der Waals surface area contributed by atoms with E-state index in [1.54, 1.807) is 32.6 Å². The van der Waals surface area contributed by atoms with Crippen molar-refractivity contribution in [3.05, 3.63) is 18.5 Å². The molecule has 1 saturated heterocycles. The van der Waals surface area contributed by atoms with Crippen molar-refractivity contribution in [2.45, 2.75) is 25.6 Å². The van der Waals surface area contributed by atoms with Crippen LogP contribution in [-0.2, 0) is 14.3 Å². The largest absolute Gasteiger partial charge is 0.369 e. The van der Waals surface area contributed by atoms with E-state index in [2.05, 4.69) is 14.9 Å². The summed E-state index contributed by atoms with van der Waals surface area (Å²) >= 11 is 0. The summed E-state index contributed by atoms with van der Waals surface area (Å²) in [6.07, 6.45) is 3.33. The molecule has 0 aliphatic carbocycles. The molecular formula is C15H24N4O3. The van der Waals surface area contributed by atoms with E-state index >= 15 is 0 Å². The maximum Gasteiger partial charge on any atom is 0.248 e. The number of rotatable bonds is 5. The van der Waals surface area contributed by atoms with Crippen LogP contribution in [0.1, 0.15) is 13.8 Å². The van der Waals surface area contributed by atoms with Crippen LogP contribution in [-0.4, -0.2) is 72.9 Å². The second kappa shape index (κ2) is 7.02. The topological polar surface area (TPSA) is 67.8 Å². The van der Waals surface area contributed by atoms with E-state index in [1.165, 1.54) is 4.90 Å². The molecule has 0 radical (unpaired) electrons. The maximum atomic E-state index is 11.5. The number of ether oxygens (including phenoxy) is 2. The van der Waals surface area contributed by atoms with Gasteiger partial charge < -0.3 is 19.3 Å². The molecule has 22 heavy (non-hydrogen) atoms. The van der Waals surface area contributed by atoms with E-state index in [4.69, 9.17) is 9.47 Å². The highest BCUT2D eigenvalue weighted by atomic mass is 16.6. The Morgan fingerprint density at radius 2 is 2.14 bits per heavy atom. The Labute approximate surface area is 131 Å². The zero-order chi connectivity index (χ0) is 16.2. The van der Waals surface area contributed by atoms with E-state index in [0.29, 0.717) is 25.6 Å². The summed E-state index contributed by atoms with van der Waals surface area (Å²) in [6.45, 7) is 5.84. The zero-order valence-corrected chi connectivity index (χ0v) is 13.7. The number of carbonyl (C=O) groups is 1. The Balaban J connectivity index is 1.93. The fourth-order valence-corrected chi connectivity index (χ4v) is 2.40. The van der Waals surface area contributed by atoms with Gasteiger partial charge in [0, 0.05) is 39.6 Å². The van der Waals surface area contributed by atoms with Gasteiger partial charge in [0.1, 0.15) is 6.61 Å². The highest BCUT2D eigenvalue weighted by Gasteiger charge is 2.34. The Bertz CT molecular complexity index is 493. The van der Waals surface area contributed by atoms with Crippen molar-refractivity contribution in [3.8, 4) is 0 Å². The molecule has 2 heterocycles. The number of morpholine rings is 1.